The number of likely N-dealkylation sites (N-methyl/N-ethyl adjacent to an activating group) is 1. The van der Waals surface area contributed by atoms with Crippen molar-refractivity contribution in [2.75, 3.05) is 26.0 Å². The van der Waals surface area contributed by atoms with Crippen LogP contribution in [0.1, 0.15) is 37.7 Å². The summed E-state index contributed by atoms with van der Waals surface area (Å²) >= 11 is 0. The first-order chi connectivity index (χ1) is 9.99. The first kappa shape index (κ1) is 16.5. The molecule has 0 N–H and O–H groups in total. The van der Waals surface area contributed by atoms with E-state index < -0.39 is 10.0 Å². The molecular formula is C16H25NO3S. The van der Waals surface area contributed by atoms with Gasteiger partial charge in [0.15, 0.2) is 0 Å². The SMILES string of the molecule is C[C@@H](CN(C)S(=O)(=O)CC[C@H]1CCCO1)c1ccccc1. The van der Waals surface area contributed by atoms with Gasteiger partial charge in [0.25, 0.3) is 0 Å². The second kappa shape index (κ2) is 7.38. The summed E-state index contributed by atoms with van der Waals surface area (Å²) in [5.41, 5.74) is 1.17. The van der Waals surface area contributed by atoms with E-state index in [1.54, 1.807) is 7.05 Å². The third-order valence-electron chi connectivity index (χ3n) is 4.10. The number of sulfonamides is 1. The van der Waals surface area contributed by atoms with Crippen molar-refractivity contribution in [1.29, 1.82) is 0 Å². The summed E-state index contributed by atoms with van der Waals surface area (Å²) in [5.74, 6) is 0.365. The molecular weight excluding hydrogens is 286 g/mol. The predicted molar refractivity (Wildman–Crippen MR) is 84.9 cm³/mol. The van der Waals surface area contributed by atoms with E-state index in [2.05, 4.69) is 6.92 Å². The van der Waals surface area contributed by atoms with E-state index in [1.165, 1.54) is 9.87 Å². The van der Waals surface area contributed by atoms with E-state index in [4.69, 9.17) is 4.74 Å². The van der Waals surface area contributed by atoms with Crippen molar-refractivity contribution in [3.63, 3.8) is 0 Å². The van der Waals surface area contributed by atoms with Gasteiger partial charge in [-0.05, 0) is 30.7 Å². The molecule has 0 saturated carbocycles. The molecule has 0 bridgehead atoms. The molecule has 0 radical (unpaired) electrons. The van der Waals surface area contributed by atoms with Gasteiger partial charge in [-0.15, -0.1) is 0 Å². The second-order valence-corrected chi connectivity index (χ2v) is 8.03. The Morgan fingerprint density at radius 1 is 1.33 bits per heavy atom. The van der Waals surface area contributed by atoms with Crippen LogP contribution < -0.4 is 0 Å². The molecule has 21 heavy (non-hydrogen) atoms. The molecule has 0 spiro atoms. The van der Waals surface area contributed by atoms with Crippen LogP contribution in [-0.4, -0.2) is 44.8 Å². The van der Waals surface area contributed by atoms with Crippen LogP contribution in [0.4, 0.5) is 0 Å². The molecule has 0 aliphatic carbocycles. The van der Waals surface area contributed by atoms with Crippen molar-refractivity contribution in [3.8, 4) is 0 Å². The minimum Gasteiger partial charge on any atom is -0.378 e. The Morgan fingerprint density at radius 2 is 2.05 bits per heavy atom. The fourth-order valence-corrected chi connectivity index (χ4v) is 4.02. The number of hydrogen-bond acceptors (Lipinski definition) is 3. The highest BCUT2D eigenvalue weighted by molar-refractivity contribution is 7.89. The maximum atomic E-state index is 12.3. The smallest absolute Gasteiger partial charge is 0.213 e. The maximum Gasteiger partial charge on any atom is 0.213 e. The van der Waals surface area contributed by atoms with E-state index in [0.29, 0.717) is 13.0 Å². The number of nitrogens with zero attached hydrogens (tertiary/aromatic N) is 1. The van der Waals surface area contributed by atoms with Gasteiger partial charge in [0.05, 0.1) is 11.9 Å². The lowest BCUT2D eigenvalue weighted by atomic mass is 10.0. The summed E-state index contributed by atoms with van der Waals surface area (Å²) in [5, 5.41) is 0. The minimum atomic E-state index is -3.20. The third kappa shape index (κ3) is 4.80. The van der Waals surface area contributed by atoms with Crippen LogP contribution in [-0.2, 0) is 14.8 Å². The first-order valence-corrected chi connectivity index (χ1v) is 9.20. The monoisotopic (exact) mass is 311 g/mol. The topological polar surface area (TPSA) is 46.6 Å². The highest BCUT2D eigenvalue weighted by Crippen LogP contribution is 2.19. The van der Waals surface area contributed by atoms with Crippen LogP contribution in [0.25, 0.3) is 0 Å². The Bertz CT molecular complexity index is 524. The lowest BCUT2D eigenvalue weighted by Gasteiger charge is -2.22. The quantitative estimate of drug-likeness (QED) is 0.777. The lowest BCUT2D eigenvalue weighted by Crippen LogP contribution is -2.33. The van der Waals surface area contributed by atoms with Crippen LogP contribution in [0, 0.1) is 0 Å². The van der Waals surface area contributed by atoms with E-state index in [1.807, 2.05) is 30.3 Å². The van der Waals surface area contributed by atoms with E-state index >= 15 is 0 Å². The molecule has 2 atom stereocenters. The van der Waals surface area contributed by atoms with Crippen molar-refractivity contribution < 1.29 is 13.2 Å². The number of benzene rings is 1. The van der Waals surface area contributed by atoms with Crippen molar-refractivity contribution in [2.45, 2.75) is 38.2 Å². The zero-order chi connectivity index (χ0) is 15.3. The van der Waals surface area contributed by atoms with Gasteiger partial charge in [0.2, 0.25) is 10.0 Å². The van der Waals surface area contributed by atoms with Gasteiger partial charge >= 0.3 is 0 Å². The van der Waals surface area contributed by atoms with Crippen LogP contribution >= 0.6 is 0 Å². The molecule has 1 aliphatic heterocycles. The average Bonchev–Trinajstić information content (AvgIpc) is 2.99. The molecule has 4 nitrogen and oxygen atoms in total. The molecule has 0 aromatic heterocycles. The Hall–Kier alpha value is -0.910. The van der Waals surface area contributed by atoms with Crippen molar-refractivity contribution >= 4 is 10.0 Å². The lowest BCUT2D eigenvalue weighted by molar-refractivity contribution is 0.108. The molecule has 5 heteroatoms. The zero-order valence-electron chi connectivity index (χ0n) is 12.9. The molecule has 0 unspecified atom stereocenters. The molecule has 0 amide bonds. The van der Waals surface area contributed by atoms with Gasteiger partial charge in [0.1, 0.15) is 0 Å². The third-order valence-corrected chi connectivity index (χ3v) is 5.95. The van der Waals surface area contributed by atoms with E-state index in [9.17, 15) is 8.42 Å². The van der Waals surface area contributed by atoms with Gasteiger partial charge in [-0.3, -0.25) is 0 Å². The zero-order valence-corrected chi connectivity index (χ0v) is 13.7. The molecule has 1 heterocycles. The highest BCUT2D eigenvalue weighted by atomic mass is 32.2. The number of hydrogen-bond donors (Lipinski definition) is 0. The van der Waals surface area contributed by atoms with Crippen molar-refractivity contribution in [3.05, 3.63) is 35.9 Å². The Balaban J connectivity index is 1.87. The minimum absolute atomic E-state index is 0.125. The van der Waals surface area contributed by atoms with Gasteiger partial charge in [0, 0.05) is 20.2 Å². The van der Waals surface area contributed by atoms with Crippen LogP contribution in [0.3, 0.4) is 0 Å². The Morgan fingerprint density at radius 3 is 2.67 bits per heavy atom. The van der Waals surface area contributed by atoms with Gasteiger partial charge in [-0.2, -0.15) is 0 Å². The van der Waals surface area contributed by atoms with E-state index in [0.717, 1.165) is 19.4 Å². The highest BCUT2D eigenvalue weighted by Gasteiger charge is 2.24. The maximum absolute atomic E-state index is 12.3. The summed E-state index contributed by atoms with van der Waals surface area (Å²) in [4.78, 5) is 0. The second-order valence-electron chi connectivity index (χ2n) is 5.83. The molecule has 1 fully saturated rings. The number of ether oxygens (including phenoxy) is 1. The summed E-state index contributed by atoms with van der Waals surface area (Å²) in [7, 11) is -1.53. The van der Waals surface area contributed by atoms with Gasteiger partial charge < -0.3 is 4.74 Å². The molecule has 2 rings (SSSR count). The summed E-state index contributed by atoms with van der Waals surface area (Å²) in [6, 6.07) is 10.0. The molecule has 1 aromatic carbocycles. The van der Waals surface area contributed by atoms with Crippen molar-refractivity contribution in [1.82, 2.24) is 4.31 Å². The summed E-state index contributed by atoms with van der Waals surface area (Å²) in [6.07, 6.45) is 2.76. The first-order valence-electron chi connectivity index (χ1n) is 7.59. The fourth-order valence-electron chi connectivity index (χ4n) is 2.69. The van der Waals surface area contributed by atoms with E-state index in [-0.39, 0.29) is 17.8 Å². The average molecular weight is 311 g/mol. The molecule has 1 aromatic rings. The molecule has 118 valence electrons. The largest absolute Gasteiger partial charge is 0.378 e. The fraction of sp³-hybridized carbons (Fsp3) is 0.625. The number of rotatable bonds is 7. The predicted octanol–water partition coefficient (Wildman–Crippen LogP) is 2.62. The normalized spacial score (nSPS) is 20.8. The molecule has 1 aliphatic rings. The van der Waals surface area contributed by atoms with Crippen molar-refractivity contribution in [2.24, 2.45) is 0 Å². The van der Waals surface area contributed by atoms with Gasteiger partial charge in [-0.25, -0.2) is 12.7 Å². The summed E-state index contributed by atoms with van der Waals surface area (Å²) < 4.78 is 31.6. The Labute approximate surface area is 128 Å². The van der Waals surface area contributed by atoms with Gasteiger partial charge in [-0.1, -0.05) is 37.3 Å². The van der Waals surface area contributed by atoms with Crippen LogP contribution in [0.15, 0.2) is 30.3 Å². The van der Waals surface area contributed by atoms with Crippen LogP contribution in [0.5, 0.6) is 0 Å². The van der Waals surface area contributed by atoms with Crippen LogP contribution in [0.2, 0.25) is 0 Å². The standard InChI is InChI=1S/C16H25NO3S/c1-14(15-7-4-3-5-8-15)13-17(2)21(18,19)12-10-16-9-6-11-20-16/h3-5,7-8,14,16H,6,9-13H2,1-2H3/t14-,16+/m0/s1. The molecule has 1 saturated heterocycles. The summed E-state index contributed by atoms with van der Waals surface area (Å²) in [6.45, 7) is 3.34. The Kier molecular flexibility index (Phi) is 5.79.